The quantitative estimate of drug-likeness (QED) is 0.458. The molecule has 1 saturated heterocycles. The normalized spacial score (nSPS) is 16.9. The van der Waals surface area contributed by atoms with Gasteiger partial charge < -0.3 is 15.4 Å². The summed E-state index contributed by atoms with van der Waals surface area (Å²) in [5.74, 6) is 0.526. The highest BCUT2D eigenvalue weighted by Crippen LogP contribution is 2.36. The number of fused-ring (bicyclic) bond motifs is 1. The molecule has 0 bridgehead atoms. The lowest BCUT2D eigenvalue weighted by molar-refractivity contribution is 0.205. The Hall–Kier alpha value is -3.23. The number of likely N-dealkylation sites (tertiary alicyclic amines) is 1. The van der Waals surface area contributed by atoms with Crippen molar-refractivity contribution >= 4 is 28.5 Å². The Balaban J connectivity index is 1.49. The van der Waals surface area contributed by atoms with Gasteiger partial charge in [0.25, 0.3) is 0 Å². The van der Waals surface area contributed by atoms with Crippen molar-refractivity contribution in [1.29, 1.82) is 0 Å². The third kappa shape index (κ3) is 4.24. The number of halogens is 2. The van der Waals surface area contributed by atoms with Crippen LogP contribution in [-0.2, 0) is 6.61 Å². The van der Waals surface area contributed by atoms with E-state index >= 15 is 0 Å². The zero-order valence-electron chi connectivity index (χ0n) is 18.2. The second-order valence-corrected chi connectivity index (χ2v) is 8.74. The molecular formula is C24H24ClFN6O. The van der Waals surface area contributed by atoms with Gasteiger partial charge >= 0.3 is 0 Å². The predicted octanol–water partition coefficient (Wildman–Crippen LogP) is 4.71. The first-order valence-corrected chi connectivity index (χ1v) is 11.2. The predicted molar refractivity (Wildman–Crippen MR) is 127 cm³/mol. The first-order valence-electron chi connectivity index (χ1n) is 10.8. The Morgan fingerprint density at radius 1 is 1.21 bits per heavy atom. The molecule has 1 aliphatic heterocycles. The van der Waals surface area contributed by atoms with E-state index in [0.29, 0.717) is 38.9 Å². The van der Waals surface area contributed by atoms with E-state index in [0.717, 1.165) is 31.5 Å². The van der Waals surface area contributed by atoms with E-state index in [1.54, 1.807) is 30.3 Å². The van der Waals surface area contributed by atoms with Gasteiger partial charge in [0.05, 0.1) is 16.5 Å². The van der Waals surface area contributed by atoms with E-state index in [9.17, 15) is 4.39 Å². The minimum Gasteiger partial charge on any atom is -0.487 e. The molecule has 0 aliphatic carbocycles. The lowest BCUT2D eigenvalue weighted by atomic mass is 10.1. The number of hydrogen-bond donors (Lipinski definition) is 1. The number of ether oxygens (including phenoxy) is 1. The number of hydrogen-bond acceptors (Lipinski definition) is 6. The van der Waals surface area contributed by atoms with Gasteiger partial charge in [-0.2, -0.15) is 5.10 Å². The van der Waals surface area contributed by atoms with Crippen molar-refractivity contribution in [2.24, 2.45) is 0 Å². The summed E-state index contributed by atoms with van der Waals surface area (Å²) >= 11 is 6.53. The molecule has 0 radical (unpaired) electrons. The smallest absolute Gasteiger partial charge is 0.164 e. The van der Waals surface area contributed by atoms with Crippen LogP contribution in [0.2, 0.25) is 5.02 Å². The largest absolute Gasteiger partial charge is 0.487 e. The molecule has 4 aromatic rings. The van der Waals surface area contributed by atoms with Crippen LogP contribution in [0.3, 0.4) is 0 Å². The van der Waals surface area contributed by atoms with Crippen LogP contribution in [0.1, 0.15) is 24.4 Å². The molecule has 9 heteroatoms. The second-order valence-electron chi connectivity index (χ2n) is 8.33. The Kier molecular flexibility index (Phi) is 5.86. The first kappa shape index (κ1) is 21.6. The number of nitrogens with two attached hydrogens (primary N) is 1. The minimum absolute atomic E-state index is 0.0826. The van der Waals surface area contributed by atoms with Crippen LogP contribution in [-0.4, -0.2) is 44.8 Å². The van der Waals surface area contributed by atoms with Crippen LogP contribution >= 0.6 is 11.6 Å². The average Bonchev–Trinajstić information content (AvgIpc) is 3.20. The number of anilines is 1. The van der Waals surface area contributed by atoms with Crippen molar-refractivity contribution in [2.45, 2.75) is 25.5 Å². The van der Waals surface area contributed by atoms with Gasteiger partial charge in [0.1, 0.15) is 36.0 Å². The Bertz CT molecular complexity index is 1310. The first-order chi connectivity index (χ1) is 16.0. The Morgan fingerprint density at radius 3 is 2.85 bits per heavy atom. The zero-order valence-corrected chi connectivity index (χ0v) is 19.0. The molecule has 0 spiro atoms. The van der Waals surface area contributed by atoms with Crippen LogP contribution < -0.4 is 10.5 Å². The maximum absolute atomic E-state index is 13.9. The van der Waals surface area contributed by atoms with Crippen molar-refractivity contribution in [3.8, 4) is 17.0 Å². The minimum atomic E-state index is -0.314. The fraction of sp³-hybridized carbons (Fsp3) is 0.292. The van der Waals surface area contributed by atoms with Crippen LogP contribution in [0, 0.1) is 5.82 Å². The van der Waals surface area contributed by atoms with Crippen LogP contribution in [0.5, 0.6) is 5.75 Å². The molecule has 2 aromatic carbocycles. The lowest BCUT2D eigenvalue weighted by Gasteiger charge is -2.29. The second kappa shape index (κ2) is 8.96. The van der Waals surface area contributed by atoms with Gasteiger partial charge in [0.2, 0.25) is 0 Å². The number of benzene rings is 2. The molecule has 3 heterocycles. The summed E-state index contributed by atoms with van der Waals surface area (Å²) in [6.07, 6.45) is 3.59. The Labute approximate surface area is 196 Å². The summed E-state index contributed by atoms with van der Waals surface area (Å²) < 4.78 is 21.6. The highest BCUT2D eigenvalue weighted by molar-refractivity contribution is 6.32. The van der Waals surface area contributed by atoms with E-state index in [1.807, 2.05) is 10.7 Å². The molecular weight excluding hydrogens is 443 g/mol. The number of aromatic nitrogens is 4. The van der Waals surface area contributed by atoms with Gasteiger partial charge in [0.15, 0.2) is 5.65 Å². The van der Waals surface area contributed by atoms with Crippen molar-refractivity contribution in [3.63, 3.8) is 0 Å². The molecule has 2 N–H and O–H groups in total. The van der Waals surface area contributed by atoms with E-state index in [1.165, 1.54) is 12.4 Å². The van der Waals surface area contributed by atoms with Crippen LogP contribution in [0.4, 0.5) is 10.2 Å². The summed E-state index contributed by atoms with van der Waals surface area (Å²) in [5, 5.41) is 6.03. The number of likely N-dealkylation sites (N-methyl/N-ethyl adjacent to an activating group) is 1. The third-order valence-electron chi connectivity index (χ3n) is 6.01. The summed E-state index contributed by atoms with van der Waals surface area (Å²) in [6, 6.07) is 12.1. The molecule has 170 valence electrons. The summed E-state index contributed by atoms with van der Waals surface area (Å²) in [5.41, 5.74) is 8.89. The molecule has 2 aromatic heterocycles. The van der Waals surface area contributed by atoms with Crippen LogP contribution in [0.15, 0.2) is 48.8 Å². The van der Waals surface area contributed by atoms with Crippen LogP contribution in [0.25, 0.3) is 22.3 Å². The average molecular weight is 467 g/mol. The molecule has 1 unspecified atom stereocenters. The fourth-order valence-corrected chi connectivity index (χ4v) is 4.56. The number of nitrogens with zero attached hydrogens (tertiary/aromatic N) is 5. The molecule has 1 atom stereocenters. The molecule has 5 rings (SSSR count). The third-order valence-corrected chi connectivity index (χ3v) is 6.31. The van der Waals surface area contributed by atoms with E-state index in [4.69, 9.17) is 27.2 Å². The van der Waals surface area contributed by atoms with Gasteiger partial charge in [-0.1, -0.05) is 29.8 Å². The molecule has 0 amide bonds. The molecule has 1 fully saturated rings. The molecule has 1 aliphatic rings. The number of piperidine rings is 1. The zero-order chi connectivity index (χ0) is 22.9. The van der Waals surface area contributed by atoms with E-state index in [-0.39, 0.29) is 18.5 Å². The van der Waals surface area contributed by atoms with Gasteiger partial charge in [-0.25, -0.2) is 19.0 Å². The highest BCUT2D eigenvalue weighted by atomic mass is 35.5. The number of rotatable bonds is 5. The monoisotopic (exact) mass is 466 g/mol. The molecule has 33 heavy (non-hydrogen) atoms. The highest BCUT2D eigenvalue weighted by Gasteiger charge is 2.25. The maximum atomic E-state index is 13.9. The maximum Gasteiger partial charge on any atom is 0.164 e. The molecule has 7 nitrogen and oxygen atoms in total. The van der Waals surface area contributed by atoms with Crippen molar-refractivity contribution in [3.05, 3.63) is 65.2 Å². The summed E-state index contributed by atoms with van der Waals surface area (Å²) in [4.78, 5) is 11.0. The SMILES string of the molecule is CN1CCCC(n2nc(-c3ccc(OCc4ccccc4F)c(Cl)c3)c3c(N)ncnc32)C1. The lowest BCUT2D eigenvalue weighted by Crippen LogP contribution is -2.34. The van der Waals surface area contributed by atoms with Gasteiger partial charge in [-0.15, -0.1) is 0 Å². The fourth-order valence-electron chi connectivity index (χ4n) is 4.33. The van der Waals surface area contributed by atoms with E-state index in [2.05, 4.69) is 21.9 Å². The Morgan fingerprint density at radius 2 is 2.06 bits per heavy atom. The van der Waals surface area contributed by atoms with Crippen molar-refractivity contribution in [2.75, 3.05) is 25.9 Å². The summed E-state index contributed by atoms with van der Waals surface area (Å²) in [7, 11) is 2.11. The van der Waals surface area contributed by atoms with Gasteiger partial charge in [0, 0.05) is 17.7 Å². The summed E-state index contributed by atoms with van der Waals surface area (Å²) in [6.45, 7) is 2.05. The van der Waals surface area contributed by atoms with E-state index < -0.39 is 0 Å². The molecule has 0 saturated carbocycles. The standard InChI is InChI=1S/C24H24ClFN6O/c1-31-10-4-6-17(12-31)32-24-21(23(27)28-14-29-24)22(30-32)15-8-9-20(18(25)11-15)33-13-16-5-2-3-7-19(16)26/h2-3,5,7-9,11,14,17H,4,6,10,12-13H2,1H3,(H2,27,28,29). The van der Waals surface area contributed by atoms with Gasteiger partial charge in [-0.05, 0) is 50.7 Å². The van der Waals surface area contributed by atoms with Crippen molar-refractivity contribution < 1.29 is 9.13 Å². The number of nitrogen functional groups attached to an aromatic ring is 1. The topological polar surface area (TPSA) is 82.1 Å². The van der Waals surface area contributed by atoms with Crippen molar-refractivity contribution in [1.82, 2.24) is 24.6 Å². The van der Waals surface area contributed by atoms with Gasteiger partial charge in [-0.3, -0.25) is 0 Å².